The average molecular weight is 679 g/mol. The number of esters is 1. The third-order valence-corrected chi connectivity index (χ3v) is 9.41. The maximum atomic E-state index is 14.1. The van der Waals surface area contributed by atoms with Gasteiger partial charge in [0.2, 0.25) is 5.91 Å². The number of benzene rings is 6. The van der Waals surface area contributed by atoms with Crippen molar-refractivity contribution in [2.75, 3.05) is 0 Å². The predicted octanol–water partition coefficient (Wildman–Crippen LogP) is 8.70. The number of amides is 1. The lowest BCUT2D eigenvalue weighted by molar-refractivity contribution is -0.155. The highest BCUT2D eigenvalue weighted by atomic mass is 35.5. The lowest BCUT2D eigenvalue weighted by Crippen LogP contribution is -2.48. The molecule has 2 atom stereocenters. The van der Waals surface area contributed by atoms with Crippen LogP contribution < -0.4 is 11.1 Å². The third-order valence-electron chi connectivity index (χ3n) is 9.08. The van der Waals surface area contributed by atoms with Gasteiger partial charge in [0, 0.05) is 28.1 Å². The molecule has 6 aromatic carbocycles. The quantitative estimate of drug-likeness (QED) is 0.100. The molecule has 6 heteroatoms. The Balaban J connectivity index is 1.31. The predicted molar refractivity (Wildman–Crippen MR) is 200 cm³/mol. The Morgan fingerprint density at radius 3 is 1.52 bits per heavy atom. The largest absolute Gasteiger partial charge is 0.443 e. The molecule has 0 heterocycles. The van der Waals surface area contributed by atoms with E-state index in [4.69, 9.17) is 22.1 Å². The van der Waals surface area contributed by atoms with Gasteiger partial charge in [-0.25, -0.2) is 0 Å². The molecule has 250 valence electrons. The smallest absolute Gasteiger partial charge is 0.324 e. The van der Waals surface area contributed by atoms with Crippen molar-refractivity contribution in [3.05, 3.63) is 214 Å². The topological polar surface area (TPSA) is 81.4 Å². The zero-order chi connectivity index (χ0) is 35.0. The molecule has 0 spiro atoms. The van der Waals surface area contributed by atoms with E-state index in [0.717, 1.165) is 27.8 Å². The Morgan fingerprint density at radius 1 is 0.620 bits per heavy atom. The summed E-state index contributed by atoms with van der Waals surface area (Å²) in [5.74, 6) is -0.911. The molecule has 6 rings (SSSR count). The number of carbonyl (C=O) groups is 2. The van der Waals surface area contributed by atoms with E-state index in [1.54, 1.807) is 6.07 Å². The zero-order valence-electron chi connectivity index (χ0n) is 27.8. The summed E-state index contributed by atoms with van der Waals surface area (Å²) in [6, 6.07) is 53.2. The Bertz CT molecular complexity index is 1920. The number of halogens is 1. The summed E-state index contributed by atoms with van der Waals surface area (Å²) in [4.78, 5) is 28.1. The molecule has 1 amide bonds. The van der Waals surface area contributed by atoms with Crippen molar-refractivity contribution in [1.29, 1.82) is 0 Å². The zero-order valence-corrected chi connectivity index (χ0v) is 28.6. The number of aryl methyl sites for hydroxylation is 1. The van der Waals surface area contributed by atoms with Gasteiger partial charge in [0.05, 0.1) is 0 Å². The summed E-state index contributed by atoms with van der Waals surface area (Å²) in [7, 11) is 0. The van der Waals surface area contributed by atoms with Crippen molar-refractivity contribution in [2.24, 2.45) is 5.73 Å². The number of nitrogens with two attached hydrogens (primary N) is 1. The van der Waals surface area contributed by atoms with Crippen LogP contribution in [-0.2, 0) is 25.5 Å². The third kappa shape index (κ3) is 6.97. The Morgan fingerprint density at radius 2 is 1.04 bits per heavy atom. The summed E-state index contributed by atoms with van der Waals surface area (Å²) in [6.45, 7) is 2.00. The molecular weight excluding hydrogens is 640 g/mol. The van der Waals surface area contributed by atoms with Crippen molar-refractivity contribution in [2.45, 2.75) is 36.9 Å². The molecule has 0 bridgehead atoms. The number of nitrogens with one attached hydrogen (secondary N) is 1. The Labute approximate surface area is 298 Å². The Hall–Kier alpha value is -5.49. The minimum atomic E-state index is -1.40. The highest BCUT2D eigenvalue weighted by molar-refractivity contribution is 6.31. The first kappa shape index (κ1) is 34.4. The lowest BCUT2D eigenvalue weighted by atomic mass is 9.77. The van der Waals surface area contributed by atoms with Gasteiger partial charge < -0.3 is 15.8 Å². The second-order valence-corrected chi connectivity index (χ2v) is 12.8. The van der Waals surface area contributed by atoms with Gasteiger partial charge in [0.1, 0.15) is 11.6 Å². The molecule has 3 N–H and O–H groups in total. The van der Waals surface area contributed by atoms with Gasteiger partial charge in [-0.15, -0.1) is 0 Å². The normalized spacial score (nSPS) is 13.1. The molecule has 0 radical (unpaired) electrons. The standard InChI is InChI=1S/C44H39ClN2O3/c1-32-26-28-37(29-27-32)44(36-22-12-5-13-23-36,38-24-14-15-25-39(38)45)50-42(49)40(46)30-31-41(48)47-43(33-16-6-2-7-17-33,34-18-8-3-9-19-34)35-20-10-4-11-21-35/h2-29,40H,30-31,46H2,1H3,(H,47,48)/t40-,44?/m0/s1. The minimum absolute atomic E-state index is 0.0144. The second kappa shape index (κ2) is 15.4. The number of ether oxygens (including phenoxy) is 1. The van der Waals surface area contributed by atoms with Crippen molar-refractivity contribution in [1.82, 2.24) is 5.32 Å². The molecule has 6 aromatic rings. The van der Waals surface area contributed by atoms with Gasteiger partial charge in [-0.05, 0) is 36.1 Å². The van der Waals surface area contributed by atoms with Crippen molar-refractivity contribution in [3.8, 4) is 0 Å². The molecule has 0 aromatic heterocycles. The molecule has 0 saturated heterocycles. The summed E-state index contributed by atoms with van der Waals surface area (Å²) in [6.07, 6.45) is 0.0416. The van der Waals surface area contributed by atoms with E-state index in [1.807, 2.05) is 171 Å². The first-order chi connectivity index (χ1) is 24.3. The van der Waals surface area contributed by atoms with Crippen LogP contribution in [0.5, 0.6) is 0 Å². The number of hydrogen-bond donors (Lipinski definition) is 2. The second-order valence-electron chi connectivity index (χ2n) is 12.4. The van der Waals surface area contributed by atoms with Crippen LogP contribution in [0.15, 0.2) is 170 Å². The van der Waals surface area contributed by atoms with E-state index in [-0.39, 0.29) is 18.7 Å². The van der Waals surface area contributed by atoms with Gasteiger partial charge in [-0.3, -0.25) is 9.59 Å². The average Bonchev–Trinajstić information content (AvgIpc) is 3.17. The van der Waals surface area contributed by atoms with Crippen LogP contribution in [0.25, 0.3) is 0 Å². The maximum absolute atomic E-state index is 14.1. The molecule has 0 fully saturated rings. The van der Waals surface area contributed by atoms with E-state index in [9.17, 15) is 9.59 Å². The molecule has 0 aliphatic carbocycles. The van der Waals surface area contributed by atoms with E-state index in [2.05, 4.69) is 5.32 Å². The van der Waals surface area contributed by atoms with Gasteiger partial charge in [0.25, 0.3) is 0 Å². The fourth-order valence-electron chi connectivity index (χ4n) is 6.54. The van der Waals surface area contributed by atoms with Crippen molar-refractivity contribution < 1.29 is 14.3 Å². The van der Waals surface area contributed by atoms with Gasteiger partial charge in [-0.1, -0.05) is 181 Å². The van der Waals surface area contributed by atoms with Crippen molar-refractivity contribution >= 4 is 23.5 Å². The van der Waals surface area contributed by atoms with Gasteiger partial charge >= 0.3 is 5.97 Å². The van der Waals surface area contributed by atoms with Crippen LogP contribution in [0.3, 0.4) is 0 Å². The molecular formula is C44H39ClN2O3. The molecule has 5 nitrogen and oxygen atoms in total. The molecule has 50 heavy (non-hydrogen) atoms. The van der Waals surface area contributed by atoms with E-state index < -0.39 is 23.2 Å². The van der Waals surface area contributed by atoms with Crippen LogP contribution in [-0.4, -0.2) is 17.9 Å². The van der Waals surface area contributed by atoms with Crippen LogP contribution in [0, 0.1) is 6.92 Å². The number of rotatable bonds is 12. The molecule has 0 aliphatic heterocycles. The van der Waals surface area contributed by atoms with E-state index in [0.29, 0.717) is 16.1 Å². The molecule has 0 aliphatic rings. The van der Waals surface area contributed by atoms with Gasteiger partial charge in [-0.2, -0.15) is 0 Å². The first-order valence-corrected chi connectivity index (χ1v) is 17.1. The van der Waals surface area contributed by atoms with Crippen LogP contribution >= 0.6 is 11.6 Å². The summed E-state index contributed by atoms with van der Waals surface area (Å²) >= 11 is 6.84. The highest BCUT2D eigenvalue weighted by Crippen LogP contribution is 2.44. The number of carbonyl (C=O) groups excluding carboxylic acids is 2. The summed E-state index contributed by atoms with van der Waals surface area (Å²) < 4.78 is 6.54. The van der Waals surface area contributed by atoms with Crippen LogP contribution in [0.4, 0.5) is 0 Å². The van der Waals surface area contributed by atoms with E-state index in [1.165, 1.54) is 0 Å². The van der Waals surface area contributed by atoms with Crippen LogP contribution in [0.1, 0.15) is 51.8 Å². The summed E-state index contributed by atoms with van der Waals surface area (Å²) in [5.41, 5.74) is 10.0. The summed E-state index contributed by atoms with van der Waals surface area (Å²) in [5, 5.41) is 3.79. The monoisotopic (exact) mass is 678 g/mol. The first-order valence-electron chi connectivity index (χ1n) is 16.7. The maximum Gasteiger partial charge on any atom is 0.324 e. The van der Waals surface area contributed by atoms with E-state index >= 15 is 0 Å². The molecule has 0 saturated carbocycles. The van der Waals surface area contributed by atoms with Crippen molar-refractivity contribution in [3.63, 3.8) is 0 Å². The fourth-order valence-corrected chi connectivity index (χ4v) is 6.81. The van der Waals surface area contributed by atoms with Gasteiger partial charge in [0.15, 0.2) is 5.60 Å². The highest BCUT2D eigenvalue weighted by Gasteiger charge is 2.43. The van der Waals surface area contributed by atoms with Crippen LogP contribution in [0.2, 0.25) is 5.02 Å². The lowest BCUT2D eigenvalue weighted by Gasteiger charge is -2.37. The SMILES string of the molecule is Cc1ccc(C(OC(=O)[C@@H](N)CCC(=O)NC(c2ccccc2)(c2ccccc2)c2ccccc2)(c2ccccc2)c2ccccc2Cl)cc1. The molecule has 1 unspecified atom stereocenters. The Kier molecular flexibility index (Phi) is 10.6. The number of hydrogen-bond acceptors (Lipinski definition) is 4. The fraction of sp³-hybridized carbons (Fsp3) is 0.136. The minimum Gasteiger partial charge on any atom is -0.443 e.